The zero-order chi connectivity index (χ0) is 42.1. The summed E-state index contributed by atoms with van der Waals surface area (Å²) in [5.41, 5.74) is 14.4. The summed E-state index contributed by atoms with van der Waals surface area (Å²) in [6.45, 7) is 0. The molecule has 0 bridgehead atoms. The van der Waals surface area contributed by atoms with Gasteiger partial charge in [-0.3, -0.25) is 4.57 Å². The molecule has 3 aromatic heterocycles. The summed E-state index contributed by atoms with van der Waals surface area (Å²) in [6, 6.07) is 79.8. The Balaban J connectivity index is 0.999. The molecular weight excluding hydrogens is 779 g/mol. The Morgan fingerprint density at radius 2 is 0.797 bits per heavy atom. The van der Waals surface area contributed by atoms with Crippen LogP contribution in [0.5, 0.6) is 0 Å². The summed E-state index contributed by atoms with van der Waals surface area (Å²) in [5.74, 6) is 1.81. The second-order valence-electron chi connectivity index (χ2n) is 16.4. The normalized spacial score (nSPS) is 11.8. The first-order valence-electron chi connectivity index (χ1n) is 21.7. The zero-order valence-electron chi connectivity index (χ0n) is 34.6. The Kier molecular flexibility index (Phi) is 8.15. The third-order valence-electron chi connectivity index (χ3n) is 12.8. The lowest BCUT2D eigenvalue weighted by atomic mass is 9.94. The van der Waals surface area contributed by atoms with E-state index >= 15 is 0 Å². The third-order valence-corrected chi connectivity index (χ3v) is 12.8. The molecule has 3 heterocycles. The van der Waals surface area contributed by atoms with E-state index in [4.69, 9.17) is 15.0 Å². The minimum absolute atomic E-state index is 0.576. The SMILES string of the molecule is c1ccc(-c2ccc(-c3nc(-c4ccc(-c5ccccc5)cc4)nc(-n4c5cccc6ccc7c(-c8ccc9c(c8)c8ccccc8n9-c8ccccc8)ccc4c7c65)n3)cc2)cc1. The van der Waals surface area contributed by atoms with Crippen LogP contribution in [0, 0.1) is 0 Å². The second-order valence-corrected chi connectivity index (χ2v) is 16.4. The Bertz CT molecular complexity index is 3750. The van der Waals surface area contributed by atoms with Crippen LogP contribution >= 0.6 is 0 Å². The van der Waals surface area contributed by atoms with Crippen LogP contribution in [0.25, 0.3) is 122 Å². The molecule has 0 aliphatic carbocycles. The standard InChI is InChI=1S/C59H37N5/c1-4-13-38(14-5-1)40-23-27-43(28-24-40)57-60-58(44-29-25-41(26-30-44)39-15-6-2-7-16-39)62-59(61-57)64-53-22-12-17-42-31-33-49-47(34-36-54(64)56(49)55(42)53)45-32-35-52-50(37-45)48-20-10-11-21-51(48)63(52)46-18-8-3-9-19-46/h1-37H. The van der Waals surface area contributed by atoms with Gasteiger partial charge in [0.1, 0.15) is 0 Å². The zero-order valence-corrected chi connectivity index (χ0v) is 34.6. The van der Waals surface area contributed by atoms with Crippen LogP contribution in [0.4, 0.5) is 0 Å². The van der Waals surface area contributed by atoms with Gasteiger partial charge in [-0.1, -0.05) is 182 Å². The summed E-state index contributed by atoms with van der Waals surface area (Å²) >= 11 is 0. The molecule has 5 heteroatoms. The molecule has 0 fully saturated rings. The quantitative estimate of drug-likeness (QED) is 0.151. The van der Waals surface area contributed by atoms with Gasteiger partial charge in [0.05, 0.1) is 22.1 Å². The number of hydrogen-bond acceptors (Lipinski definition) is 3. The molecule has 10 aromatic carbocycles. The molecule has 0 saturated heterocycles. The average molecular weight is 816 g/mol. The number of benzene rings is 10. The van der Waals surface area contributed by atoms with E-state index in [-0.39, 0.29) is 0 Å². The molecule has 64 heavy (non-hydrogen) atoms. The number of fused-ring (bicyclic) bond motifs is 3. The number of para-hydroxylation sites is 2. The van der Waals surface area contributed by atoms with E-state index in [1.165, 1.54) is 65.6 Å². The number of nitrogens with zero attached hydrogens (tertiary/aromatic N) is 5. The van der Waals surface area contributed by atoms with Gasteiger partial charge in [0.15, 0.2) is 11.6 Å². The summed E-state index contributed by atoms with van der Waals surface area (Å²) < 4.78 is 4.60. The molecule has 0 radical (unpaired) electrons. The monoisotopic (exact) mass is 815 g/mol. The Morgan fingerprint density at radius 3 is 1.47 bits per heavy atom. The topological polar surface area (TPSA) is 48.5 Å². The van der Waals surface area contributed by atoms with Crippen LogP contribution in [0.2, 0.25) is 0 Å². The van der Waals surface area contributed by atoms with Crippen molar-refractivity contribution in [2.75, 3.05) is 0 Å². The van der Waals surface area contributed by atoms with Gasteiger partial charge in [0.2, 0.25) is 5.95 Å². The fourth-order valence-corrected chi connectivity index (χ4v) is 9.76. The maximum absolute atomic E-state index is 5.31. The van der Waals surface area contributed by atoms with Crippen molar-refractivity contribution >= 4 is 54.4 Å². The van der Waals surface area contributed by atoms with Crippen molar-refractivity contribution in [2.45, 2.75) is 0 Å². The maximum atomic E-state index is 5.31. The van der Waals surface area contributed by atoms with Crippen molar-refractivity contribution in [1.82, 2.24) is 24.1 Å². The van der Waals surface area contributed by atoms with Crippen molar-refractivity contribution in [2.24, 2.45) is 0 Å². The minimum Gasteiger partial charge on any atom is -0.309 e. The van der Waals surface area contributed by atoms with Crippen LogP contribution in [0.1, 0.15) is 0 Å². The highest BCUT2D eigenvalue weighted by Gasteiger charge is 2.23. The minimum atomic E-state index is 0.576. The first-order valence-corrected chi connectivity index (χ1v) is 21.7. The highest BCUT2D eigenvalue weighted by Crippen LogP contribution is 2.44. The van der Waals surface area contributed by atoms with Crippen molar-refractivity contribution in [1.29, 1.82) is 0 Å². The third kappa shape index (κ3) is 5.75. The summed E-state index contributed by atoms with van der Waals surface area (Å²) in [5, 5.41) is 7.22. The van der Waals surface area contributed by atoms with Crippen molar-refractivity contribution in [3.05, 3.63) is 224 Å². The Hall–Kier alpha value is -8.67. The first-order chi connectivity index (χ1) is 31.7. The summed E-state index contributed by atoms with van der Waals surface area (Å²) in [7, 11) is 0. The van der Waals surface area contributed by atoms with Crippen molar-refractivity contribution in [3.8, 4) is 67.8 Å². The molecule has 13 rings (SSSR count). The molecule has 0 spiro atoms. The van der Waals surface area contributed by atoms with Gasteiger partial charge < -0.3 is 4.57 Å². The van der Waals surface area contributed by atoms with Gasteiger partial charge >= 0.3 is 0 Å². The van der Waals surface area contributed by atoms with E-state index in [9.17, 15) is 0 Å². The number of rotatable bonds is 7. The van der Waals surface area contributed by atoms with Gasteiger partial charge in [0.25, 0.3) is 0 Å². The Labute approximate surface area is 369 Å². The summed E-state index contributed by atoms with van der Waals surface area (Å²) in [4.78, 5) is 15.8. The van der Waals surface area contributed by atoms with E-state index in [2.05, 4.69) is 221 Å². The molecule has 298 valence electrons. The predicted octanol–water partition coefficient (Wildman–Crippen LogP) is 15.0. The van der Waals surface area contributed by atoms with Crippen molar-refractivity contribution < 1.29 is 0 Å². The Morgan fingerprint density at radius 1 is 0.281 bits per heavy atom. The lowest BCUT2D eigenvalue weighted by Gasteiger charge is -2.12. The molecule has 0 amide bonds. The van der Waals surface area contributed by atoms with Gasteiger partial charge in [-0.15, -0.1) is 0 Å². The van der Waals surface area contributed by atoms with Crippen LogP contribution in [0.3, 0.4) is 0 Å². The molecule has 0 atom stereocenters. The van der Waals surface area contributed by atoms with Crippen LogP contribution in [-0.2, 0) is 0 Å². The second kappa shape index (κ2) is 14.5. The lowest BCUT2D eigenvalue weighted by Crippen LogP contribution is -2.06. The fraction of sp³-hybridized carbons (Fsp3) is 0. The van der Waals surface area contributed by atoms with Gasteiger partial charge in [-0.25, -0.2) is 4.98 Å². The van der Waals surface area contributed by atoms with Crippen LogP contribution < -0.4 is 0 Å². The van der Waals surface area contributed by atoms with E-state index in [0.29, 0.717) is 17.6 Å². The highest BCUT2D eigenvalue weighted by atomic mass is 15.2. The van der Waals surface area contributed by atoms with Crippen LogP contribution in [-0.4, -0.2) is 24.1 Å². The molecule has 0 aliphatic heterocycles. The van der Waals surface area contributed by atoms with Gasteiger partial charge in [-0.2, -0.15) is 9.97 Å². The molecule has 0 saturated carbocycles. The van der Waals surface area contributed by atoms with Crippen LogP contribution in [0.15, 0.2) is 224 Å². The molecular formula is C59H37N5. The van der Waals surface area contributed by atoms with E-state index < -0.39 is 0 Å². The van der Waals surface area contributed by atoms with E-state index in [0.717, 1.165) is 39.0 Å². The van der Waals surface area contributed by atoms with E-state index in [1.807, 2.05) is 12.1 Å². The predicted molar refractivity (Wildman–Crippen MR) is 264 cm³/mol. The molecule has 13 aromatic rings. The highest BCUT2D eigenvalue weighted by molar-refractivity contribution is 6.26. The smallest absolute Gasteiger partial charge is 0.238 e. The van der Waals surface area contributed by atoms with Crippen molar-refractivity contribution in [3.63, 3.8) is 0 Å². The average Bonchev–Trinajstić information content (AvgIpc) is 3.90. The fourth-order valence-electron chi connectivity index (χ4n) is 9.76. The van der Waals surface area contributed by atoms with Gasteiger partial charge in [-0.05, 0) is 86.6 Å². The van der Waals surface area contributed by atoms with Gasteiger partial charge in [0, 0.05) is 38.4 Å². The first kappa shape index (κ1) is 36.0. The number of hydrogen-bond donors (Lipinski definition) is 0. The van der Waals surface area contributed by atoms with E-state index in [1.54, 1.807) is 0 Å². The lowest BCUT2D eigenvalue weighted by molar-refractivity contribution is 0.954. The molecule has 0 N–H and O–H groups in total. The maximum Gasteiger partial charge on any atom is 0.238 e. The molecule has 0 aliphatic rings. The number of aromatic nitrogens is 5. The largest absolute Gasteiger partial charge is 0.309 e. The summed E-state index contributed by atoms with van der Waals surface area (Å²) in [6.07, 6.45) is 0. The molecule has 0 unspecified atom stereocenters. The molecule has 5 nitrogen and oxygen atoms in total.